The summed E-state index contributed by atoms with van der Waals surface area (Å²) in [5.41, 5.74) is 1.57. The molecule has 2 amide bonds. The molecule has 1 saturated carbocycles. The van der Waals surface area contributed by atoms with Crippen LogP contribution in [0.3, 0.4) is 0 Å². The van der Waals surface area contributed by atoms with Gasteiger partial charge in [0.1, 0.15) is 0 Å². The minimum Gasteiger partial charge on any atom is -0.393 e. The fourth-order valence-electron chi connectivity index (χ4n) is 4.30. The summed E-state index contributed by atoms with van der Waals surface area (Å²) in [7, 11) is 0. The van der Waals surface area contributed by atoms with Crippen LogP contribution in [-0.4, -0.2) is 39.4 Å². The van der Waals surface area contributed by atoms with E-state index in [1.807, 2.05) is 0 Å². The van der Waals surface area contributed by atoms with Crippen molar-refractivity contribution in [2.45, 2.75) is 57.7 Å². The van der Waals surface area contributed by atoms with Crippen molar-refractivity contribution in [1.29, 1.82) is 0 Å². The van der Waals surface area contributed by atoms with Crippen molar-refractivity contribution in [2.24, 2.45) is 0 Å². The van der Waals surface area contributed by atoms with Crippen molar-refractivity contribution >= 4 is 23.3 Å². The van der Waals surface area contributed by atoms with Crippen molar-refractivity contribution in [2.75, 3.05) is 5.32 Å². The van der Waals surface area contributed by atoms with Crippen LogP contribution in [0, 0.1) is 18.6 Å². The fraction of sp³-hybridized carbons (Fsp3) is 0.409. The van der Waals surface area contributed by atoms with Crippen LogP contribution in [0.2, 0.25) is 0 Å². The highest BCUT2D eigenvalue weighted by molar-refractivity contribution is 6.43. The number of halogens is 2. The van der Waals surface area contributed by atoms with Crippen molar-refractivity contribution in [3.05, 3.63) is 52.3 Å². The first-order chi connectivity index (χ1) is 14.8. The van der Waals surface area contributed by atoms with Gasteiger partial charge in [-0.15, -0.1) is 0 Å². The summed E-state index contributed by atoms with van der Waals surface area (Å²) in [5, 5.41) is 14.6. The summed E-state index contributed by atoms with van der Waals surface area (Å²) in [5.74, 6) is -4.14. The van der Waals surface area contributed by atoms with E-state index < -0.39 is 35.3 Å². The molecule has 0 unspecified atom stereocenters. The number of amides is 2. The van der Waals surface area contributed by atoms with Gasteiger partial charge in [0, 0.05) is 30.0 Å². The quantitative estimate of drug-likeness (QED) is 0.500. The van der Waals surface area contributed by atoms with Gasteiger partial charge in [0.2, 0.25) is 0 Å². The molecule has 2 heterocycles. The van der Waals surface area contributed by atoms with Crippen molar-refractivity contribution in [1.82, 2.24) is 9.88 Å². The average Bonchev–Trinajstić information content (AvgIpc) is 3.00. The Hall–Kier alpha value is -3.07. The Balaban J connectivity index is 1.63. The van der Waals surface area contributed by atoms with Crippen LogP contribution < -0.4 is 10.6 Å². The van der Waals surface area contributed by atoms with E-state index in [1.54, 1.807) is 11.5 Å². The molecule has 9 heteroatoms. The number of carbonyl (C=O) groups is 3. The number of fused-ring (bicyclic) bond motifs is 1. The number of hydrogen-bond acceptors (Lipinski definition) is 4. The minimum absolute atomic E-state index is 0.0909. The third kappa shape index (κ3) is 3.97. The van der Waals surface area contributed by atoms with Crippen LogP contribution in [0.25, 0.3) is 0 Å². The highest BCUT2D eigenvalue weighted by Crippen LogP contribution is 2.30. The predicted molar refractivity (Wildman–Crippen MR) is 108 cm³/mol. The summed E-state index contributed by atoms with van der Waals surface area (Å²) in [6.45, 7) is 2.12. The van der Waals surface area contributed by atoms with Gasteiger partial charge in [-0.1, -0.05) is 0 Å². The number of aliphatic hydroxyl groups is 1. The Morgan fingerprint density at radius 1 is 1.13 bits per heavy atom. The van der Waals surface area contributed by atoms with E-state index in [1.165, 1.54) is 6.07 Å². The van der Waals surface area contributed by atoms with Gasteiger partial charge in [0.15, 0.2) is 11.6 Å². The lowest BCUT2D eigenvalue weighted by Crippen LogP contribution is -2.49. The lowest BCUT2D eigenvalue weighted by Gasteiger charge is -2.31. The maximum Gasteiger partial charge on any atom is 0.294 e. The van der Waals surface area contributed by atoms with Crippen LogP contribution >= 0.6 is 0 Å². The van der Waals surface area contributed by atoms with Crippen LogP contribution in [-0.2, 0) is 17.8 Å². The smallest absolute Gasteiger partial charge is 0.294 e. The van der Waals surface area contributed by atoms with Crippen molar-refractivity contribution in [3.8, 4) is 0 Å². The molecule has 4 rings (SSSR count). The molecule has 3 N–H and O–H groups in total. The van der Waals surface area contributed by atoms with Crippen LogP contribution in [0.5, 0.6) is 0 Å². The Bertz CT molecular complexity index is 1070. The van der Waals surface area contributed by atoms with E-state index in [2.05, 4.69) is 10.6 Å². The number of anilines is 1. The highest BCUT2D eigenvalue weighted by Gasteiger charge is 2.35. The molecular weight excluding hydrogens is 408 g/mol. The number of ketones is 1. The van der Waals surface area contributed by atoms with Gasteiger partial charge in [-0.05, 0) is 56.7 Å². The van der Waals surface area contributed by atoms with Crippen molar-refractivity contribution in [3.63, 3.8) is 0 Å². The molecule has 2 aromatic rings. The summed E-state index contributed by atoms with van der Waals surface area (Å²) in [4.78, 5) is 38.4. The Morgan fingerprint density at radius 2 is 1.87 bits per heavy atom. The van der Waals surface area contributed by atoms with E-state index >= 15 is 0 Å². The molecular formula is C22H23F2N3O4. The van der Waals surface area contributed by atoms with Gasteiger partial charge in [0.25, 0.3) is 17.6 Å². The Morgan fingerprint density at radius 3 is 2.55 bits per heavy atom. The molecule has 0 saturated heterocycles. The molecule has 2 aliphatic rings. The number of carbonyl (C=O) groups excluding carboxylic acids is 3. The maximum atomic E-state index is 13.5. The molecule has 31 heavy (non-hydrogen) atoms. The molecule has 1 aromatic heterocycles. The van der Waals surface area contributed by atoms with E-state index in [-0.39, 0.29) is 23.0 Å². The standard InChI is InChI=1S/C22H23F2N3O4/c1-11-18(21(30)25-12-5-6-15(23)16(24)10-12)17-4-2-3-7-27(17)19(11)20(29)22(31)26-13-8-14(28)9-13/h5-6,10,13-14,28H,2-4,7-9H2,1H3,(H,25,30)(H,26,31). The summed E-state index contributed by atoms with van der Waals surface area (Å²) in [6, 6.07) is 2.82. The molecule has 1 aliphatic carbocycles. The first kappa shape index (κ1) is 21.2. The topological polar surface area (TPSA) is 100 Å². The molecule has 0 atom stereocenters. The summed E-state index contributed by atoms with van der Waals surface area (Å²) in [6.07, 6.45) is 2.55. The minimum atomic E-state index is -1.08. The van der Waals surface area contributed by atoms with Gasteiger partial charge in [-0.2, -0.15) is 0 Å². The molecule has 0 radical (unpaired) electrons. The van der Waals surface area contributed by atoms with Gasteiger partial charge < -0.3 is 20.3 Å². The average molecular weight is 431 g/mol. The van der Waals surface area contributed by atoms with Crippen LogP contribution in [0.1, 0.15) is 57.8 Å². The Kier molecular flexibility index (Phi) is 5.62. The van der Waals surface area contributed by atoms with E-state index in [0.29, 0.717) is 37.1 Å². The number of aromatic nitrogens is 1. The molecule has 7 nitrogen and oxygen atoms in total. The zero-order valence-electron chi connectivity index (χ0n) is 17.0. The number of aliphatic hydroxyl groups excluding tert-OH is 1. The second-order valence-electron chi connectivity index (χ2n) is 8.11. The lowest BCUT2D eigenvalue weighted by atomic mass is 9.89. The number of benzene rings is 1. The maximum absolute atomic E-state index is 13.5. The number of rotatable bonds is 5. The molecule has 164 valence electrons. The van der Waals surface area contributed by atoms with Gasteiger partial charge in [0.05, 0.1) is 17.4 Å². The van der Waals surface area contributed by atoms with Crippen LogP contribution in [0.4, 0.5) is 14.5 Å². The predicted octanol–water partition coefficient (Wildman–Crippen LogP) is 2.49. The zero-order valence-corrected chi connectivity index (χ0v) is 17.0. The number of hydrogen-bond donors (Lipinski definition) is 3. The number of nitrogens with one attached hydrogen (secondary N) is 2. The summed E-state index contributed by atoms with van der Waals surface area (Å²) < 4.78 is 28.4. The van der Waals surface area contributed by atoms with E-state index in [4.69, 9.17) is 0 Å². The second kappa shape index (κ2) is 8.22. The van der Waals surface area contributed by atoms with Gasteiger partial charge in [-0.25, -0.2) is 8.78 Å². The molecule has 0 bridgehead atoms. The third-order valence-electron chi connectivity index (χ3n) is 5.93. The van der Waals surface area contributed by atoms with E-state index in [9.17, 15) is 28.3 Å². The van der Waals surface area contributed by atoms with Gasteiger partial charge in [-0.3, -0.25) is 14.4 Å². The molecule has 0 spiro atoms. The third-order valence-corrected chi connectivity index (χ3v) is 5.93. The van der Waals surface area contributed by atoms with Crippen LogP contribution in [0.15, 0.2) is 18.2 Å². The number of Topliss-reactive ketones (excluding diaryl/α,β-unsaturated/α-hetero) is 1. The SMILES string of the molecule is Cc1c(C(=O)Nc2ccc(F)c(F)c2)c2n(c1C(=O)C(=O)NC1CC(O)C1)CCCC2. The fourth-order valence-corrected chi connectivity index (χ4v) is 4.30. The van der Waals surface area contributed by atoms with Gasteiger partial charge >= 0.3 is 0 Å². The highest BCUT2D eigenvalue weighted by atomic mass is 19.2. The monoisotopic (exact) mass is 431 g/mol. The first-order valence-electron chi connectivity index (χ1n) is 10.3. The zero-order chi connectivity index (χ0) is 22.3. The van der Waals surface area contributed by atoms with Crippen molar-refractivity contribution < 1.29 is 28.3 Å². The molecule has 1 aromatic carbocycles. The van der Waals surface area contributed by atoms with E-state index in [0.717, 1.165) is 25.0 Å². The first-order valence-corrected chi connectivity index (χ1v) is 10.3. The lowest BCUT2D eigenvalue weighted by molar-refractivity contribution is -0.119. The Labute approximate surface area is 177 Å². The summed E-state index contributed by atoms with van der Waals surface area (Å²) >= 11 is 0. The molecule has 1 aliphatic heterocycles. The number of nitrogens with zero attached hydrogens (tertiary/aromatic N) is 1. The normalized spacial score (nSPS) is 19.9. The molecule has 1 fully saturated rings. The largest absolute Gasteiger partial charge is 0.393 e. The second-order valence-corrected chi connectivity index (χ2v) is 8.11.